The van der Waals surface area contributed by atoms with E-state index >= 15 is 0 Å². The van der Waals surface area contributed by atoms with Crippen LogP contribution in [0.2, 0.25) is 0 Å². The van der Waals surface area contributed by atoms with Crippen molar-refractivity contribution in [1.29, 1.82) is 0 Å². The minimum Gasteiger partial charge on any atom is -0.357 e. The number of rotatable bonds is 4. The van der Waals surface area contributed by atoms with Gasteiger partial charge in [-0.2, -0.15) is 0 Å². The van der Waals surface area contributed by atoms with Crippen LogP contribution >= 0.6 is 11.3 Å². The molecular formula is C10H18N4S. The summed E-state index contributed by atoms with van der Waals surface area (Å²) in [5.41, 5.74) is 5.47. The molecule has 1 heterocycles. The topological polar surface area (TPSA) is 63.8 Å². The Hall–Kier alpha value is -0.680. The smallest absolute Gasteiger partial charge is 0.205 e. The number of hydrogen-bond acceptors (Lipinski definition) is 5. The first-order valence-electron chi connectivity index (χ1n) is 5.67. The van der Waals surface area contributed by atoms with E-state index in [1.165, 1.54) is 32.1 Å². The first-order chi connectivity index (χ1) is 7.38. The molecule has 0 aliphatic heterocycles. The molecule has 4 nitrogen and oxygen atoms in total. The van der Waals surface area contributed by atoms with Crippen LogP contribution in [-0.2, 0) is 6.42 Å². The van der Waals surface area contributed by atoms with Gasteiger partial charge in [-0.05, 0) is 19.4 Å². The lowest BCUT2D eigenvalue weighted by Gasteiger charge is -2.21. The van der Waals surface area contributed by atoms with Gasteiger partial charge in [-0.1, -0.05) is 30.6 Å². The van der Waals surface area contributed by atoms with E-state index in [0.717, 1.165) is 16.6 Å². The Morgan fingerprint density at radius 2 is 2.07 bits per heavy atom. The summed E-state index contributed by atoms with van der Waals surface area (Å²) in [6.07, 6.45) is 7.44. The number of hydrogen-bond donors (Lipinski definition) is 2. The molecule has 2 rings (SSSR count). The van der Waals surface area contributed by atoms with Gasteiger partial charge < -0.3 is 11.1 Å². The normalized spacial score (nSPS) is 17.9. The first-order valence-corrected chi connectivity index (χ1v) is 6.49. The van der Waals surface area contributed by atoms with Crippen LogP contribution in [0.25, 0.3) is 0 Å². The molecule has 1 saturated carbocycles. The lowest BCUT2D eigenvalue weighted by molar-refractivity contribution is 0.462. The SMILES string of the molecule is NCCc1nnc(NC2CCCCC2)s1. The molecule has 0 atom stereocenters. The molecule has 15 heavy (non-hydrogen) atoms. The standard InChI is InChI=1S/C10H18N4S/c11-7-6-9-13-14-10(15-9)12-8-4-2-1-3-5-8/h8H,1-7,11H2,(H,12,14). The van der Waals surface area contributed by atoms with E-state index in [2.05, 4.69) is 15.5 Å². The summed E-state index contributed by atoms with van der Waals surface area (Å²) in [4.78, 5) is 0. The summed E-state index contributed by atoms with van der Waals surface area (Å²) in [5, 5.41) is 13.7. The average molecular weight is 226 g/mol. The van der Waals surface area contributed by atoms with Crippen LogP contribution < -0.4 is 11.1 Å². The molecule has 0 radical (unpaired) electrons. The minimum atomic E-state index is 0.609. The number of nitrogens with one attached hydrogen (secondary N) is 1. The van der Waals surface area contributed by atoms with Crippen molar-refractivity contribution in [3.05, 3.63) is 5.01 Å². The molecule has 5 heteroatoms. The highest BCUT2D eigenvalue weighted by Crippen LogP contribution is 2.23. The van der Waals surface area contributed by atoms with Crippen molar-refractivity contribution in [2.45, 2.75) is 44.6 Å². The Kier molecular flexibility index (Phi) is 3.91. The number of nitrogens with zero attached hydrogens (tertiary/aromatic N) is 2. The summed E-state index contributed by atoms with van der Waals surface area (Å²) < 4.78 is 0. The van der Waals surface area contributed by atoms with E-state index in [-0.39, 0.29) is 0 Å². The molecule has 1 fully saturated rings. The Labute approximate surface area is 94.3 Å². The predicted octanol–water partition coefficient (Wildman–Crippen LogP) is 1.78. The quantitative estimate of drug-likeness (QED) is 0.821. The van der Waals surface area contributed by atoms with Crippen molar-refractivity contribution in [2.24, 2.45) is 5.73 Å². The maximum atomic E-state index is 5.47. The van der Waals surface area contributed by atoms with Gasteiger partial charge in [0.05, 0.1) is 0 Å². The zero-order valence-electron chi connectivity index (χ0n) is 8.91. The van der Waals surface area contributed by atoms with Crippen molar-refractivity contribution in [3.8, 4) is 0 Å². The molecule has 0 saturated heterocycles. The molecule has 1 aromatic heterocycles. The molecule has 0 bridgehead atoms. The molecule has 0 unspecified atom stereocenters. The van der Waals surface area contributed by atoms with Crippen LogP contribution in [0.15, 0.2) is 0 Å². The van der Waals surface area contributed by atoms with Gasteiger partial charge in [0.15, 0.2) is 0 Å². The predicted molar refractivity (Wildman–Crippen MR) is 63.2 cm³/mol. The van der Waals surface area contributed by atoms with Crippen molar-refractivity contribution >= 4 is 16.5 Å². The fourth-order valence-electron chi connectivity index (χ4n) is 1.96. The maximum Gasteiger partial charge on any atom is 0.205 e. The second-order valence-corrected chi connectivity index (χ2v) is 5.08. The van der Waals surface area contributed by atoms with Gasteiger partial charge in [-0.25, -0.2) is 0 Å². The second kappa shape index (κ2) is 5.42. The van der Waals surface area contributed by atoms with Gasteiger partial charge in [0.25, 0.3) is 0 Å². The highest BCUT2D eigenvalue weighted by atomic mass is 32.1. The van der Waals surface area contributed by atoms with E-state index in [1.807, 2.05) is 0 Å². The van der Waals surface area contributed by atoms with Crippen molar-refractivity contribution < 1.29 is 0 Å². The fourth-order valence-corrected chi connectivity index (χ4v) is 2.79. The third-order valence-electron chi connectivity index (χ3n) is 2.76. The van der Waals surface area contributed by atoms with Gasteiger partial charge in [0.2, 0.25) is 5.13 Å². The van der Waals surface area contributed by atoms with E-state index in [0.29, 0.717) is 12.6 Å². The largest absolute Gasteiger partial charge is 0.357 e. The van der Waals surface area contributed by atoms with E-state index in [9.17, 15) is 0 Å². The molecule has 0 spiro atoms. The summed E-state index contributed by atoms with van der Waals surface area (Å²) in [5.74, 6) is 0. The van der Waals surface area contributed by atoms with Crippen LogP contribution in [0, 0.1) is 0 Å². The zero-order chi connectivity index (χ0) is 10.5. The Balaban J connectivity index is 1.86. The van der Waals surface area contributed by atoms with Gasteiger partial charge in [0, 0.05) is 12.5 Å². The maximum absolute atomic E-state index is 5.47. The molecule has 1 aromatic rings. The van der Waals surface area contributed by atoms with E-state index in [1.54, 1.807) is 11.3 Å². The first kappa shape index (κ1) is 10.8. The summed E-state index contributed by atoms with van der Waals surface area (Å²) in [6.45, 7) is 0.651. The van der Waals surface area contributed by atoms with E-state index < -0.39 is 0 Å². The number of aromatic nitrogens is 2. The lowest BCUT2D eigenvalue weighted by Crippen LogP contribution is -2.21. The van der Waals surface area contributed by atoms with Gasteiger partial charge >= 0.3 is 0 Å². The highest BCUT2D eigenvalue weighted by Gasteiger charge is 2.14. The summed E-state index contributed by atoms with van der Waals surface area (Å²) in [7, 11) is 0. The molecule has 3 N–H and O–H groups in total. The molecule has 1 aliphatic carbocycles. The Morgan fingerprint density at radius 3 is 2.80 bits per heavy atom. The molecule has 1 aliphatic rings. The molecule has 84 valence electrons. The van der Waals surface area contributed by atoms with Crippen molar-refractivity contribution in [1.82, 2.24) is 10.2 Å². The van der Waals surface area contributed by atoms with Crippen molar-refractivity contribution in [2.75, 3.05) is 11.9 Å². The monoisotopic (exact) mass is 226 g/mol. The van der Waals surface area contributed by atoms with Crippen LogP contribution in [0.5, 0.6) is 0 Å². The van der Waals surface area contributed by atoms with Crippen LogP contribution in [-0.4, -0.2) is 22.8 Å². The van der Waals surface area contributed by atoms with E-state index in [4.69, 9.17) is 5.73 Å². The van der Waals surface area contributed by atoms with Crippen molar-refractivity contribution in [3.63, 3.8) is 0 Å². The van der Waals surface area contributed by atoms with Crippen LogP contribution in [0.4, 0.5) is 5.13 Å². The fraction of sp³-hybridized carbons (Fsp3) is 0.800. The number of nitrogens with two attached hydrogens (primary N) is 1. The number of anilines is 1. The molecule has 0 aromatic carbocycles. The molecule has 0 amide bonds. The highest BCUT2D eigenvalue weighted by molar-refractivity contribution is 7.15. The Bertz CT molecular complexity index is 293. The zero-order valence-corrected chi connectivity index (χ0v) is 9.72. The Morgan fingerprint density at radius 1 is 1.27 bits per heavy atom. The van der Waals surface area contributed by atoms with Gasteiger partial charge in [-0.15, -0.1) is 10.2 Å². The average Bonchev–Trinajstić information content (AvgIpc) is 2.68. The molecular weight excluding hydrogens is 208 g/mol. The van der Waals surface area contributed by atoms with Crippen LogP contribution in [0.1, 0.15) is 37.1 Å². The lowest BCUT2D eigenvalue weighted by atomic mass is 9.96. The minimum absolute atomic E-state index is 0.609. The van der Waals surface area contributed by atoms with Crippen LogP contribution in [0.3, 0.4) is 0 Å². The third kappa shape index (κ3) is 3.14. The third-order valence-corrected chi connectivity index (χ3v) is 3.67. The second-order valence-electron chi connectivity index (χ2n) is 4.02. The van der Waals surface area contributed by atoms with Gasteiger partial charge in [0.1, 0.15) is 5.01 Å². The van der Waals surface area contributed by atoms with Gasteiger partial charge in [-0.3, -0.25) is 0 Å². The summed E-state index contributed by atoms with van der Waals surface area (Å²) in [6, 6.07) is 0.609. The summed E-state index contributed by atoms with van der Waals surface area (Å²) >= 11 is 1.64.